The fourth-order valence-corrected chi connectivity index (χ4v) is 2.08. The summed E-state index contributed by atoms with van der Waals surface area (Å²) in [7, 11) is 1.47. The average Bonchev–Trinajstić information content (AvgIpc) is 2.56. The molecule has 2 aromatic carbocycles. The van der Waals surface area contributed by atoms with Crippen molar-refractivity contribution in [3.8, 4) is 11.5 Å². The minimum absolute atomic E-state index is 0.0538. The van der Waals surface area contributed by atoms with Gasteiger partial charge in [0.2, 0.25) is 5.95 Å². The van der Waals surface area contributed by atoms with Gasteiger partial charge in [-0.25, -0.2) is 10.4 Å². The van der Waals surface area contributed by atoms with E-state index in [0.29, 0.717) is 16.7 Å². The first-order chi connectivity index (χ1) is 11.2. The predicted molar refractivity (Wildman–Crippen MR) is 88.2 cm³/mol. The summed E-state index contributed by atoms with van der Waals surface area (Å²) in [6.07, 6.45) is 1.52. The van der Waals surface area contributed by atoms with E-state index in [1.165, 1.54) is 19.4 Å². The molecule has 116 valence electrons. The number of aromatic nitrogens is 2. The first-order valence-corrected chi connectivity index (χ1v) is 6.82. The van der Waals surface area contributed by atoms with Gasteiger partial charge < -0.3 is 9.84 Å². The summed E-state index contributed by atoms with van der Waals surface area (Å²) in [5.74, 6) is 0.653. The number of benzene rings is 2. The average molecular weight is 310 g/mol. The first kappa shape index (κ1) is 14.6. The first-order valence-electron chi connectivity index (χ1n) is 6.82. The molecule has 0 aliphatic carbocycles. The maximum atomic E-state index is 11.9. The maximum absolute atomic E-state index is 11.9. The molecule has 0 spiro atoms. The number of anilines is 1. The van der Waals surface area contributed by atoms with E-state index in [-0.39, 0.29) is 17.3 Å². The number of nitrogens with zero attached hydrogens (tertiary/aromatic N) is 2. The molecule has 0 atom stereocenters. The van der Waals surface area contributed by atoms with Crippen LogP contribution in [0.3, 0.4) is 0 Å². The van der Waals surface area contributed by atoms with Crippen molar-refractivity contribution in [2.24, 2.45) is 5.10 Å². The molecular formula is C16H14N4O3. The highest BCUT2D eigenvalue weighted by atomic mass is 16.5. The number of aromatic hydroxyl groups is 1. The largest absolute Gasteiger partial charge is 0.504 e. The zero-order chi connectivity index (χ0) is 16.2. The summed E-state index contributed by atoms with van der Waals surface area (Å²) >= 11 is 0. The van der Waals surface area contributed by atoms with Crippen LogP contribution < -0.4 is 15.7 Å². The molecule has 0 radical (unpaired) electrons. The molecule has 0 amide bonds. The second-order valence-corrected chi connectivity index (χ2v) is 4.73. The van der Waals surface area contributed by atoms with E-state index in [1.54, 1.807) is 30.3 Å². The Labute approximate surface area is 131 Å². The number of H-pyrrole nitrogens is 1. The van der Waals surface area contributed by atoms with Gasteiger partial charge in [0.25, 0.3) is 5.56 Å². The van der Waals surface area contributed by atoms with Crippen LogP contribution >= 0.6 is 0 Å². The Balaban J connectivity index is 1.81. The molecule has 3 rings (SSSR count). The topological polar surface area (TPSA) is 99.6 Å². The number of hydrogen-bond acceptors (Lipinski definition) is 6. The Morgan fingerprint density at radius 1 is 1.30 bits per heavy atom. The van der Waals surface area contributed by atoms with Crippen molar-refractivity contribution >= 4 is 23.1 Å². The number of nitrogens with one attached hydrogen (secondary N) is 2. The van der Waals surface area contributed by atoms with Crippen molar-refractivity contribution in [1.29, 1.82) is 0 Å². The van der Waals surface area contributed by atoms with Gasteiger partial charge in [-0.3, -0.25) is 9.78 Å². The molecule has 3 aromatic rings. The van der Waals surface area contributed by atoms with Gasteiger partial charge in [0.05, 0.1) is 24.2 Å². The smallest absolute Gasteiger partial charge is 0.260 e. The number of ether oxygens (including phenoxy) is 1. The van der Waals surface area contributed by atoms with Gasteiger partial charge in [-0.05, 0) is 35.9 Å². The lowest BCUT2D eigenvalue weighted by Gasteiger charge is -2.04. The highest BCUT2D eigenvalue weighted by molar-refractivity contribution is 5.82. The standard InChI is InChI=1S/C16H14N4O3/c1-23-14-8-10(6-7-13(14)21)9-17-20-16-18-12-5-3-2-4-11(12)15(22)19-16/h2-9,21H,1H3,(H2,18,19,20,22)/b17-9-. The normalized spacial score (nSPS) is 11.0. The fraction of sp³-hybridized carbons (Fsp3) is 0.0625. The van der Waals surface area contributed by atoms with Gasteiger partial charge in [-0.1, -0.05) is 12.1 Å². The number of phenolic OH excluding ortho intramolecular Hbond substituents is 1. The molecule has 0 bridgehead atoms. The molecule has 0 saturated carbocycles. The van der Waals surface area contributed by atoms with Crippen molar-refractivity contribution in [2.45, 2.75) is 0 Å². The van der Waals surface area contributed by atoms with Crippen LogP contribution in [-0.4, -0.2) is 28.4 Å². The molecule has 7 heteroatoms. The minimum atomic E-state index is -0.236. The summed E-state index contributed by atoms with van der Waals surface area (Å²) in [6.45, 7) is 0. The molecule has 23 heavy (non-hydrogen) atoms. The maximum Gasteiger partial charge on any atom is 0.260 e. The molecule has 7 nitrogen and oxygen atoms in total. The van der Waals surface area contributed by atoms with Crippen LogP contribution in [0.5, 0.6) is 11.5 Å². The fourth-order valence-electron chi connectivity index (χ4n) is 2.08. The van der Waals surface area contributed by atoms with Crippen molar-refractivity contribution in [1.82, 2.24) is 9.97 Å². The van der Waals surface area contributed by atoms with E-state index in [2.05, 4.69) is 20.5 Å². The van der Waals surface area contributed by atoms with Crippen LogP contribution in [0.25, 0.3) is 10.9 Å². The molecule has 0 aliphatic heterocycles. The minimum Gasteiger partial charge on any atom is -0.504 e. The van der Waals surface area contributed by atoms with Crippen molar-refractivity contribution in [3.05, 3.63) is 58.4 Å². The number of para-hydroxylation sites is 1. The highest BCUT2D eigenvalue weighted by Gasteiger charge is 2.02. The van der Waals surface area contributed by atoms with Crippen LogP contribution in [0.2, 0.25) is 0 Å². The number of fused-ring (bicyclic) bond motifs is 1. The van der Waals surface area contributed by atoms with Gasteiger partial charge in [-0.15, -0.1) is 0 Å². The SMILES string of the molecule is COc1cc(/C=N\Nc2nc3ccccc3c(=O)[nH]2)ccc1O. The quantitative estimate of drug-likeness (QED) is 0.506. The van der Waals surface area contributed by atoms with E-state index in [4.69, 9.17) is 4.74 Å². The van der Waals surface area contributed by atoms with E-state index in [1.807, 2.05) is 6.07 Å². The Morgan fingerprint density at radius 3 is 2.96 bits per heavy atom. The van der Waals surface area contributed by atoms with Crippen molar-refractivity contribution < 1.29 is 9.84 Å². The van der Waals surface area contributed by atoms with Crippen molar-refractivity contribution in [3.63, 3.8) is 0 Å². The second kappa shape index (κ2) is 6.18. The van der Waals surface area contributed by atoms with E-state index >= 15 is 0 Å². The predicted octanol–water partition coefficient (Wildman–Crippen LogP) is 2.08. The zero-order valence-corrected chi connectivity index (χ0v) is 12.3. The van der Waals surface area contributed by atoms with Gasteiger partial charge >= 0.3 is 0 Å². The number of hydrazone groups is 1. The van der Waals surface area contributed by atoms with Crippen molar-refractivity contribution in [2.75, 3.05) is 12.5 Å². The molecule has 0 aliphatic rings. The lowest BCUT2D eigenvalue weighted by atomic mass is 10.2. The molecule has 3 N–H and O–H groups in total. The number of methoxy groups -OCH3 is 1. The Bertz CT molecular complexity index is 934. The lowest BCUT2D eigenvalue weighted by Crippen LogP contribution is -2.10. The van der Waals surface area contributed by atoms with Gasteiger partial charge in [0.15, 0.2) is 11.5 Å². The molecule has 0 unspecified atom stereocenters. The molecule has 0 saturated heterocycles. The third-order valence-corrected chi connectivity index (χ3v) is 3.20. The van der Waals surface area contributed by atoms with Gasteiger partial charge in [0.1, 0.15) is 0 Å². The summed E-state index contributed by atoms with van der Waals surface area (Å²) < 4.78 is 5.02. The van der Waals surface area contributed by atoms with Crippen LogP contribution in [0.4, 0.5) is 5.95 Å². The molecule has 0 fully saturated rings. The van der Waals surface area contributed by atoms with Crippen LogP contribution in [0.1, 0.15) is 5.56 Å². The van der Waals surface area contributed by atoms with E-state index in [0.717, 1.165) is 5.56 Å². The van der Waals surface area contributed by atoms with Crippen LogP contribution in [0, 0.1) is 0 Å². The summed E-state index contributed by atoms with van der Waals surface area (Å²) in [5.41, 5.74) is 3.74. The number of aromatic amines is 1. The molecule has 1 heterocycles. The Hall–Kier alpha value is -3.35. The van der Waals surface area contributed by atoms with Crippen LogP contribution in [-0.2, 0) is 0 Å². The summed E-state index contributed by atoms with van der Waals surface area (Å²) in [6, 6.07) is 11.9. The summed E-state index contributed by atoms with van der Waals surface area (Å²) in [4.78, 5) is 18.8. The van der Waals surface area contributed by atoms with Gasteiger partial charge in [0, 0.05) is 0 Å². The second-order valence-electron chi connectivity index (χ2n) is 4.73. The molecular weight excluding hydrogens is 296 g/mol. The third kappa shape index (κ3) is 3.13. The Morgan fingerprint density at radius 2 is 2.13 bits per heavy atom. The molecule has 1 aromatic heterocycles. The Kier molecular flexibility index (Phi) is 3.92. The van der Waals surface area contributed by atoms with E-state index in [9.17, 15) is 9.90 Å². The summed E-state index contributed by atoms with van der Waals surface area (Å²) in [5, 5.41) is 14.1. The lowest BCUT2D eigenvalue weighted by molar-refractivity contribution is 0.373. The van der Waals surface area contributed by atoms with Crippen LogP contribution in [0.15, 0.2) is 52.4 Å². The number of rotatable bonds is 4. The number of phenols is 1. The zero-order valence-electron chi connectivity index (χ0n) is 12.3. The third-order valence-electron chi connectivity index (χ3n) is 3.20. The number of hydrogen-bond donors (Lipinski definition) is 3. The van der Waals surface area contributed by atoms with Gasteiger partial charge in [-0.2, -0.15) is 5.10 Å². The highest BCUT2D eigenvalue weighted by Crippen LogP contribution is 2.25. The van der Waals surface area contributed by atoms with E-state index < -0.39 is 0 Å². The monoisotopic (exact) mass is 310 g/mol.